The Labute approximate surface area is 144 Å². The molecule has 1 saturated heterocycles. The number of ether oxygens (including phenoxy) is 1. The molecule has 128 valence electrons. The number of esters is 1. The van der Waals surface area contributed by atoms with Crippen molar-refractivity contribution in [2.45, 2.75) is 4.90 Å². The summed E-state index contributed by atoms with van der Waals surface area (Å²) in [6, 6.07) is 5.93. The Hall–Kier alpha value is -1.97. The van der Waals surface area contributed by atoms with Gasteiger partial charge >= 0.3 is 5.97 Å². The lowest BCUT2D eigenvalue weighted by atomic mass is 10.2. The van der Waals surface area contributed by atoms with Gasteiger partial charge in [-0.3, -0.25) is 0 Å². The second-order valence-electron chi connectivity index (χ2n) is 5.23. The van der Waals surface area contributed by atoms with Crippen LogP contribution in [-0.4, -0.2) is 57.0 Å². The summed E-state index contributed by atoms with van der Waals surface area (Å²) in [7, 11) is -2.37. The molecule has 1 aliphatic heterocycles. The van der Waals surface area contributed by atoms with Gasteiger partial charge in [-0.15, -0.1) is 11.3 Å². The van der Waals surface area contributed by atoms with Crippen LogP contribution in [0.4, 0.5) is 5.13 Å². The number of nitrogens with zero attached hydrogens (tertiary/aromatic N) is 3. The van der Waals surface area contributed by atoms with Crippen LogP contribution < -0.4 is 4.90 Å². The maximum Gasteiger partial charge on any atom is 0.337 e. The first-order valence-electron chi connectivity index (χ1n) is 7.35. The van der Waals surface area contributed by atoms with Crippen LogP contribution in [0, 0.1) is 0 Å². The normalized spacial score (nSPS) is 16.1. The van der Waals surface area contributed by atoms with Crippen LogP contribution in [0.3, 0.4) is 0 Å². The summed E-state index contributed by atoms with van der Waals surface area (Å²) in [5, 5.41) is 2.80. The molecule has 0 aliphatic carbocycles. The second-order valence-corrected chi connectivity index (χ2v) is 8.04. The van der Waals surface area contributed by atoms with Crippen molar-refractivity contribution < 1.29 is 17.9 Å². The van der Waals surface area contributed by atoms with Crippen LogP contribution in [0.2, 0.25) is 0 Å². The van der Waals surface area contributed by atoms with Crippen molar-refractivity contribution in [2.75, 3.05) is 38.2 Å². The van der Waals surface area contributed by atoms with Gasteiger partial charge in [0.15, 0.2) is 5.13 Å². The molecule has 2 aromatic rings. The number of methoxy groups -OCH3 is 1. The minimum Gasteiger partial charge on any atom is -0.465 e. The van der Waals surface area contributed by atoms with Crippen molar-refractivity contribution in [1.82, 2.24) is 9.29 Å². The average molecular weight is 367 g/mol. The molecule has 3 rings (SSSR count). The first-order valence-corrected chi connectivity index (χ1v) is 9.67. The van der Waals surface area contributed by atoms with E-state index < -0.39 is 16.0 Å². The van der Waals surface area contributed by atoms with Gasteiger partial charge in [0.1, 0.15) is 0 Å². The Kier molecular flexibility index (Phi) is 4.83. The molecule has 0 spiro atoms. The summed E-state index contributed by atoms with van der Waals surface area (Å²) in [5.41, 5.74) is 0.222. The van der Waals surface area contributed by atoms with E-state index in [9.17, 15) is 13.2 Å². The Morgan fingerprint density at radius 3 is 2.62 bits per heavy atom. The van der Waals surface area contributed by atoms with E-state index in [2.05, 4.69) is 14.6 Å². The highest BCUT2D eigenvalue weighted by Crippen LogP contribution is 2.23. The highest BCUT2D eigenvalue weighted by molar-refractivity contribution is 7.89. The number of piperazine rings is 1. The summed E-state index contributed by atoms with van der Waals surface area (Å²) in [6.45, 7) is 1.93. The van der Waals surface area contributed by atoms with Crippen molar-refractivity contribution in [3.8, 4) is 0 Å². The molecular weight excluding hydrogens is 350 g/mol. The zero-order valence-electron chi connectivity index (χ0n) is 13.1. The van der Waals surface area contributed by atoms with E-state index in [0.717, 1.165) is 5.13 Å². The number of thiazole rings is 1. The Morgan fingerprint density at radius 2 is 2.00 bits per heavy atom. The topological polar surface area (TPSA) is 79.8 Å². The van der Waals surface area contributed by atoms with E-state index in [1.165, 1.54) is 41.0 Å². The molecule has 0 amide bonds. The molecule has 0 saturated carbocycles. The molecule has 1 aliphatic rings. The standard InChI is InChI=1S/C15H17N3O4S2/c1-22-14(19)12-3-2-4-13(11-12)24(20,21)18-8-6-17(7-9-18)15-16-5-10-23-15/h2-5,10-11H,6-9H2,1H3. The lowest BCUT2D eigenvalue weighted by Gasteiger charge is -2.33. The number of hydrogen-bond acceptors (Lipinski definition) is 7. The molecule has 0 atom stereocenters. The molecule has 0 radical (unpaired) electrons. The zero-order valence-corrected chi connectivity index (χ0v) is 14.7. The van der Waals surface area contributed by atoms with Gasteiger partial charge < -0.3 is 9.64 Å². The van der Waals surface area contributed by atoms with Crippen molar-refractivity contribution in [3.63, 3.8) is 0 Å². The Balaban J connectivity index is 1.76. The van der Waals surface area contributed by atoms with Crippen LogP contribution in [0.5, 0.6) is 0 Å². The maximum absolute atomic E-state index is 12.8. The van der Waals surface area contributed by atoms with Gasteiger partial charge in [-0.1, -0.05) is 6.07 Å². The number of anilines is 1. The van der Waals surface area contributed by atoms with Crippen molar-refractivity contribution in [2.24, 2.45) is 0 Å². The summed E-state index contributed by atoms with van der Waals surface area (Å²) in [6.07, 6.45) is 1.74. The summed E-state index contributed by atoms with van der Waals surface area (Å²) < 4.78 is 31.7. The lowest BCUT2D eigenvalue weighted by molar-refractivity contribution is 0.0600. The molecule has 1 aromatic carbocycles. The SMILES string of the molecule is COC(=O)c1cccc(S(=O)(=O)N2CCN(c3nccs3)CC2)c1. The molecule has 24 heavy (non-hydrogen) atoms. The van der Waals surface area contributed by atoms with Gasteiger partial charge in [-0.25, -0.2) is 18.2 Å². The third-order valence-electron chi connectivity index (χ3n) is 3.82. The summed E-state index contributed by atoms with van der Waals surface area (Å²) in [4.78, 5) is 18.0. The fourth-order valence-corrected chi connectivity index (χ4v) is 4.71. The van der Waals surface area contributed by atoms with Gasteiger partial charge in [0.05, 0.1) is 17.6 Å². The van der Waals surface area contributed by atoms with Crippen LogP contribution in [0.25, 0.3) is 0 Å². The van der Waals surface area contributed by atoms with E-state index in [4.69, 9.17) is 0 Å². The van der Waals surface area contributed by atoms with Crippen molar-refractivity contribution >= 4 is 32.5 Å². The number of carbonyl (C=O) groups excluding carboxylic acids is 1. The fraction of sp³-hybridized carbons (Fsp3) is 0.333. The first kappa shape index (κ1) is 16.9. The van der Waals surface area contributed by atoms with Gasteiger partial charge in [0, 0.05) is 37.8 Å². The monoisotopic (exact) mass is 367 g/mol. The second kappa shape index (κ2) is 6.88. The molecule has 2 heterocycles. The molecule has 1 aromatic heterocycles. The number of aromatic nitrogens is 1. The summed E-state index contributed by atoms with van der Waals surface area (Å²) in [5.74, 6) is -0.555. The van der Waals surface area contributed by atoms with Crippen LogP contribution in [-0.2, 0) is 14.8 Å². The number of sulfonamides is 1. The van der Waals surface area contributed by atoms with Gasteiger partial charge in [-0.05, 0) is 18.2 Å². The molecule has 0 unspecified atom stereocenters. The number of hydrogen-bond donors (Lipinski definition) is 0. The van der Waals surface area contributed by atoms with Crippen molar-refractivity contribution in [1.29, 1.82) is 0 Å². The highest BCUT2D eigenvalue weighted by Gasteiger charge is 2.29. The maximum atomic E-state index is 12.8. The van der Waals surface area contributed by atoms with Gasteiger partial charge in [-0.2, -0.15) is 4.31 Å². The van der Waals surface area contributed by atoms with E-state index in [-0.39, 0.29) is 10.5 Å². The van der Waals surface area contributed by atoms with Crippen molar-refractivity contribution in [3.05, 3.63) is 41.4 Å². The predicted molar refractivity (Wildman–Crippen MR) is 90.9 cm³/mol. The number of benzene rings is 1. The largest absolute Gasteiger partial charge is 0.465 e. The molecule has 0 N–H and O–H groups in total. The third-order valence-corrected chi connectivity index (χ3v) is 6.55. The lowest BCUT2D eigenvalue weighted by Crippen LogP contribution is -2.48. The average Bonchev–Trinajstić information content (AvgIpc) is 3.16. The molecule has 1 fully saturated rings. The van der Waals surface area contributed by atoms with Crippen LogP contribution >= 0.6 is 11.3 Å². The molecule has 7 nitrogen and oxygen atoms in total. The highest BCUT2D eigenvalue weighted by atomic mass is 32.2. The third kappa shape index (κ3) is 3.28. The fourth-order valence-electron chi connectivity index (χ4n) is 2.54. The van der Waals surface area contributed by atoms with Crippen LogP contribution in [0.1, 0.15) is 10.4 Å². The first-order chi connectivity index (χ1) is 11.5. The van der Waals surface area contributed by atoms with E-state index in [0.29, 0.717) is 26.2 Å². The number of rotatable bonds is 4. The molecule has 0 bridgehead atoms. The molecule has 9 heteroatoms. The van der Waals surface area contributed by atoms with E-state index in [1.54, 1.807) is 12.3 Å². The van der Waals surface area contributed by atoms with Gasteiger partial charge in [0.25, 0.3) is 0 Å². The minimum absolute atomic E-state index is 0.105. The minimum atomic E-state index is -3.64. The van der Waals surface area contributed by atoms with Crippen LogP contribution in [0.15, 0.2) is 40.7 Å². The Bertz CT molecular complexity index is 813. The van der Waals surface area contributed by atoms with E-state index >= 15 is 0 Å². The van der Waals surface area contributed by atoms with Gasteiger partial charge in [0.2, 0.25) is 10.0 Å². The number of carbonyl (C=O) groups is 1. The zero-order chi connectivity index (χ0) is 17.2. The quantitative estimate of drug-likeness (QED) is 0.761. The van der Waals surface area contributed by atoms with E-state index in [1.807, 2.05) is 5.38 Å². The smallest absolute Gasteiger partial charge is 0.337 e. The summed E-state index contributed by atoms with van der Waals surface area (Å²) >= 11 is 1.54. The Morgan fingerprint density at radius 1 is 1.25 bits per heavy atom. The predicted octanol–water partition coefficient (Wildman–Crippen LogP) is 1.44. The molecular formula is C15H17N3O4S2.